The van der Waals surface area contributed by atoms with Crippen molar-refractivity contribution in [3.05, 3.63) is 42.4 Å². The monoisotopic (exact) mass is 399 g/mol. The van der Waals surface area contributed by atoms with E-state index in [0.29, 0.717) is 17.2 Å². The molecule has 8 nitrogen and oxygen atoms in total. The molecule has 1 unspecified atom stereocenters. The molecule has 3 aromatic rings. The number of fused-ring (bicyclic) bond motifs is 1. The maximum atomic E-state index is 11.9. The lowest BCUT2D eigenvalue weighted by atomic mass is 10.1. The number of nitrogens with zero attached hydrogens (tertiary/aromatic N) is 3. The Morgan fingerprint density at radius 1 is 1.29 bits per heavy atom. The highest BCUT2D eigenvalue weighted by Crippen LogP contribution is 2.36. The van der Waals surface area contributed by atoms with E-state index < -0.39 is 15.7 Å². The predicted octanol–water partition coefficient (Wildman–Crippen LogP) is 2.11. The van der Waals surface area contributed by atoms with E-state index in [0.717, 1.165) is 22.9 Å². The summed E-state index contributed by atoms with van der Waals surface area (Å²) in [4.78, 5) is 15.9. The summed E-state index contributed by atoms with van der Waals surface area (Å²) in [5.74, 6) is 0.0542. The molecule has 3 N–H and O–H groups in total. The van der Waals surface area contributed by atoms with Gasteiger partial charge in [-0.25, -0.2) is 17.9 Å². The van der Waals surface area contributed by atoms with Gasteiger partial charge in [-0.1, -0.05) is 0 Å². The maximum Gasteiger partial charge on any atom is 0.252 e. The van der Waals surface area contributed by atoms with Crippen molar-refractivity contribution in [2.45, 2.75) is 30.8 Å². The Kier molecular flexibility index (Phi) is 4.34. The van der Waals surface area contributed by atoms with Crippen LogP contribution in [-0.2, 0) is 9.84 Å². The minimum absolute atomic E-state index is 0.0229. The van der Waals surface area contributed by atoms with Crippen LogP contribution in [0.25, 0.3) is 16.6 Å². The summed E-state index contributed by atoms with van der Waals surface area (Å²) in [6.07, 6.45) is 8.25. The lowest BCUT2D eigenvalue weighted by molar-refractivity contribution is 0.100. The molecule has 9 heteroatoms. The van der Waals surface area contributed by atoms with Crippen LogP contribution in [0.15, 0.2) is 41.8 Å². The maximum absolute atomic E-state index is 11.9. The summed E-state index contributed by atoms with van der Waals surface area (Å²) < 4.78 is 24.9. The van der Waals surface area contributed by atoms with Crippen molar-refractivity contribution in [1.29, 1.82) is 0 Å². The van der Waals surface area contributed by atoms with Gasteiger partial charge in [0.1, 0.15) is 0 Å². The number of carbonyl (C=O) groups is 1. The summed E-state index contributed by atoms with van der Waals surface area (Å²) in [5, 5.41) is 7.75. The lowest BCUT2D eigenvalue weighted by Crippen LogP contribution is -2.22. The summed E-state index contributed by atoms with van der Waals surface area (Å²) in [6.45, 7) is 2.09. The number of sulfone groups is 1. The van der Waals surface area contributed by atoms with Crippen LogP contribution in [0.5, 0.6) is 0 Å². The number of aromatic nitrogens is 3. The van der Waals surface area contributed by atoms with Crippen molar-refractivity contribution in [3.63, 3.8) is 0 Å². The fourth-order valence-corrected chi connectivity index (χ4v) is 3.82. The van der Waals surface area contributed by atoms with Gasteiger partial charge in [-0.05, 0) is 43.9 Å². The third-order valence-corrected chi connectivity index (χ3v) is 6.05. The number of hydrogen-bond acceptors (Lipinski definition) is 6. The number of primary amides is 1. The molecule has 0 bridgehead atoms. The van der Waals surface area contributed by atoms with Crippen LogP contribution >= 0.6 is 0 Å². The number of carbonyl (C=O) groups excluding carboxylic acids is 1. The first-order valence-electron chi connectivity index (χ1n) is 8.98. The van der Waals surface area contributed by atoms with Gasteiger partial charge in [0.2, 0.25) is 0 Å². The number of anilines is 1. The summed E-state index contributed by atoms with van der Waals surface area (Å²) in [5.41, 5.74) is 8.84. The van der Waals surface area contributed by atoms with E-state index in [-0.39, 0.29) is 11.1 Å². The van der Waals surface area contributed by atoms with Crippen molar-refractivity contribution >= 4 is 26.9 Å². The molecular weight excluding hydrogens is 378 g/mol. The van der Waals surface area contributed by atoms with Gasteiger partial charge in [0.15, 0.2) is 14.9 Å². The number of nitrogens with two attached hydrogens (primary N) is 1. The number of amides is 1. The van der Waals surface area contributed by atoms with Crippen molar-refractivity contribution in [2.75, 3.05) is 11.6 Å². The summed E-state index contributed by atoms with van der Waals surface area (Å²) in [6, 6.07) is 5.29. The number of hydrogen-bond donors (Lipinski definition) is 2. The van der Waals surface area contributed by atoms with E-state index in [2.05, 4.69) is 22.3 Å². The molecule has 146 valence electrons. The van der Waals surface area contributed by atoms with E-state index in [4.69, 9.17) is 5.73 Å². The van der Waals surface area contributed by atoms with E-state index >= 15 is 0 Å². The zero-order valence-electron chi connectivity index (χ0n) is 15.6. The Labute approximate surface area is 162 Å². The molecule has 1 amide bonds. The first-order chi connectivity index (χ1) is 13.2. The quantitative estimate of drug-likeness (QED) is 0.655. The largest absolute Gasteiger partial charge is 0.380 e. The van der Waals surface area contributed by atoms with E-state index in [1.165, 1.54) is 31.3 Å². The second-order valence-corrected chi connectivity index (χ2v) is 9.25. The second-order valence-electron chi connectivity index (χ2n) is 7.28. The summed E-state index contributed by atoms with van der Waals surface area (Å²) >= 11 is 0. The molecule has 1 fully saturated rings. The van der Waals surface area contributed by atoms with Crippen molar-refractivity contribution in [2.24, 2.45) is 11.7 Å². The predicted molar refractivity (Wildman–Crippen MR) is 106 cm³/mol. The SMILES string of the molecule is CC(Nc1c(C(N)=O)cnn2cc(-c3ccc(S(C)(=O)=O)nc3)cc12)C1CC1. The Hall–Kier alpha value is -2.94. The molecule has 0 aliphatic heterocycles. The molecule has 4 rings (SSSR count). The standard InChI is InChI=1S/C19H21N5O3S/c1-11(12-3-4-12)23-18-15(19(20)25)9-22-24-10-14(7-16(18)24)13-5-6-17(21-8-13)28(2,26)27/h5-12,23H,3-4H2,1-2H3,(H2,20,25). The van der Waals surface area contributed by atoms with Crippen LogP contribution < -0.4 is 11.1 Å². The number of rotatable bonds is 6. The third kappa shape index (κ3) is 3.45. The normalized spacial score (nSPS) is 15.5. The minimum atomic E-state index is -3.35. The number of nitrogens with one attached hydrogen (secondary N) is 1. The van der Waals surface area contributed by atoms with Gasteiger partial charge in [0, 0.05) is 35.8 Å². The molecule has 1 aliphatic rings. The first-order valence-corrected chi connectivity index (χ1v) is 10.9. The molecule has 1 saturated carbocycles. The fourth-order valence-electron chi connectivity index (χ4n) is 3.27. The highest BCUT2D eigenvalue weighted by molar-refractivity contribution is 7.90. The molecule has 1 atom stereocenters. The highest BCUT2D eigenvalue weighted by Gasteiger charge is 2.29. The zero-order valence-corrected chi connectivity index (χ0v) is 16.4. The van der Waals surface area contributed by atoms with Gasteiger partial charge >= 0.3 is 0 Å². The molecule has 3 heterocycles. The molecular formula is C19H21N5O3S. The Morgan fingerprint density at radius 3 is 2.61 bits per heavy atom. The van der Waals surface area contributed by atoms with Crippen LogP contribution in [0.4, 0.5) is 5.69 Å². The van der Waals surface area contributed by atoms with Crippen LogP contribution in [-0.4, -0.2) is 41.2 Å². The van der Waals surface area contributed by atoms with Crippen molar-refractivity contribution < 1.29 is 13.2 Å². The van der Waals surface area contributed by atoms with E-state index in [1.54, 1.807) is 10.6 Å². The van der Waals surface area contributed by atoms with E-state index in [1.807, 2.05) is 12.3 Å². The summed E-state index contributed by atoms with van der Waals surface area (Å²) in [7, 11) is -3.35. The molecule has 3 aromatic heterocycles. The Balaban J connectivity index is 1.78. The topological polar surface area (TPSA) is 119 Å². The van der Waals surface area contributed by atoms with E-state index in [9.17, 15) is 13.2 Å². The fraction of sp³-hybridized carbons (Fsp3) is 0.316. The zero-order chi connectivity index (χ0) is 20.1. The molecule has 1 aliphatic carbocycles. The first kappa shape index (κ1) is 18.4. The van der Waals surface area contributed by atoms with Gasteiger partial charge in [0.25, 0.3) is 5.91 Å². The average Bonchev–Trinajstić information content (AvgIpc) is 3.40. The molecule has 28 heavy (non-hydrogen) atoms. The van der Waals surface area contributed by atoms with Gasteiger partial charge in [-0.3, -0.25) is 4.79 Å². The van der Waals surface area contributed by atoms with Gasteiger partial charge in [-0.2, -0.15) is 5.10 Å². The second kappa shape index (κ2) is 6.59. The van der Waals surface area contributed by atoms with Gasteiger partial charge in [-0.15, -0.1) is 0 Å². The Morgan fingerprint density at radius 2 is 2.04 bits per heavy atom. The van der Waals surface area contributed by atoms with Crippen LogP contribution in [0.3, 0.4) is 0 Å². The third-order valence-electron chi connectivity index (χ3n) is 5.05. The van der Waals surface area contributed by atoms with Crippen LogP contribution in [0, 0.1) is 5.92 Å². The lowest BCUT2D eigenvalue weighted by Gasteiger charge is -2.17. The number of pyridine rings is 1. The molecule has 0 radical (unpaired) electrons. The van der Waals surface area contributed by atoms with Gasteiger partial charge < -0.3 is 11.1 Å². The van der Waals surface area contributed by atoms with Crippen LogP contribution in [0.1, 0.15) is 30.1 Å². The molecule has 0 spiro atoms. The Bertz CT molecular complexity index is 1160. The molecule has 0 saturated heterocycles. The highest BCUT2D eigenvalue weighted by atomic mass is 32.2. The van der Waals surface area contributed by atoms with Crippen LogP contribution in [0.2, 0.25) is 0 Å². The van der Waals surface area contributed by atoms with Gasteiger partial charge in [0.05, 0.1) is 23.0 Å². The van der Waals surface area contributed by atoms with Crippen molar-refractivity contribution in [1.82, 2.24) is 14.6 Å². The average molecular weight is 399 g/mol. The molecule has 0 aromatic carbocycles. The van der Waals surface area contributed by atoms with Crippen molar-refractivity contribution in [3.8, 4) is 11.1 Å². The smallest absolute Gasteiger partial charge is 0.252 e. The minimum Gasteiger partial charge on any atom is -0.380 e.